The van der Waals surface area contributed by atoms with Crippen molar-refractivity contribution in [2.24, 2.45) is 46.8 Å². The van der Waals surface area contributed by atoms with Gasteiger partial charge < -0.3 is 20.1 Å². The predicted molar refractivity (Wildman–Crippen MR) is 148 cm³/mol. The maximum Gasteiger partial charge on any atom is 0.426 e. The highest BCUT2D eigenvalue weighted by Crippen LogP contribution is 2.59. The molecule has 2 bridgehead atoms. The van der Waals surface area contributed by atoms with Gasteiger partial charge in [-0.25, -0.2) is 0 Å². The van der Waals surface area contributed by atoms with Crippen LogP contribution in [0.4, 0.5) is 52.7 Å². The van der Waals surface area contributed by atoms with E-state index in [1.54, 1.807) is 20.8 Å². The Kier molecular flexibility index (Phi) is 12.1. The van der Waals surface area contributed by atoms with Gasteiger partial charge in [0.1, 0.15) is 6.10 Å². The van der Waals surface area contributed by atoms with Crippen molar-refractivity contribution in [2.75, 3.05) is 0 Å². The summed E-state index contributed by atoms with van der Waals surface area (Å²) in [5.41, 5.74) is -12.1. The Bertz CT molecular complexity index is 1060. The molecule has 0 radical (unpaired) electrons. The highest BCUT2D eigenvalue weighted by atomic mass is 19.4. The lowest BCUT2D eigenvalue weighted by Crippen LogP contribution is -2.58. The second-order valence-corrected chi connectivity index (χ2v) is 15.1. The highest BCUT2D eigenvalue weighted by molar-refractivity contribution is 5.76. The number of carbonyl (C=O) groups excluding carboxylic acids is 1. The van der Waals surface area contributed by atoms with Crippen LogP contribution in [0, 0.1) is 46.8 Å². The van der Waals surface area contributed by atoms with E-state index in [0.29, 0.717) is 39.0 Å². The van der Waals surface area contributed by atoms with Crippen LogP contribution in [0.3, 0.4) is 0 Å². The molecule has 284 valence electrons. The number of fused-ring (bicyclic) bond motifs is 2. The highest BCUT2D eigenvalue weighted by Gasteiger charge is 2.71. The van der Waals surface area contributed by atoms with Crippen molar-refractivity contribution < 1.29 is 77.5 Å². The van der Waals surface area contributed by atoms with Gasteiger partial charge in [0.2, 0.25) is 0 Å². The zero-order valence-corrected chi connectivity index (χ0v) is 27.8. The average Bonchev–Trinajstić information content (AvgIpc) is 3.44. The van der Waals surface area contributed by atoms with Gasteiger partial charge in [-0.1, -0.05) is 20.8 Å². The van der Waals surface area contributed by atoms with E-state index in [1.165, 1.54) is 0 Å². The molecule has 3 saturated carbocycles. The summed E-state index contributed by atoms with van der Waals surface area (Å²) < 4.78 is 161. The third-order valence-corrected chi connectivity index (χ3v) is 11.6. The Labute approximate surface area is 271 Å². The first kappa shape index (κ1) is 42.7. The number of carbonyl (C=O) groups is 1. The third-order valence-electron chi connectivity index (χ3n) is 11.6. The van der Waals surface area contributed by atoms with Crippen LogP contribution in [0.25, 0.3) is 0 Å². The van der Waals surface area contributed by atoms with Crippen LogP contribution < -0.4 is 0 Å². The average molecular weight is 727 g/mol. The molecule has 0 aromatic carbocycles. The molecule has 48 heavy (non-hydrogen) atoms. The maximum atomic E-state index is 13.3. The Balaban J connectivity index is 0.000000351. The lowest BCUT2D eigenvalue weighted by Gasteiger charge is -2.46. The molecule has 9 atom stereocenters. The van der Waals surface area contributed by atoms with E-state index >= 15 is 0 Å². The smallest absolute Gasteiger partial charge is 0.426 e. The van der Waals surface area contributed by atoms with Gasteiger partial charge in [0, 0.05) is 11.8 Å². The van der Waals surface area contributed by atoms with E-state index in [0.717, 1.165) is 0 Å². The van der Waals surface area contributed by atoms with E-state index in [4.69, 9.17) is 4.74 Å². The number of hydrogen-bond donors (Lipinski definition) is 3. The van der Waals surface area contributed by atoms with Gasteiger partial charge in [0.25, 0.3) is 5.60 Å². The second-order valence-electron chi connectivity index (χ2n) is 15.1. The molecular formula is C31H46F12O5. The van der Waals surface area contributed by atoms with Crippen LogP contribution in [0.1, 0.15) is 93.4 Å². The van der Waals surface area contributed by atoms with Crippen LogP contribution in [0.5, 0.6) is 0 Å². The van der Waals surface area contributed by atoms with Gasteiger partial charge in [0.05, 0.1) is 5.41 Å². The SMILES string of the molecule is CC1C2CC(CC(O)(C(F)(F)F)C(F)(F)F)C(C2)C1C.CCC(C)(C)C(=O)OC1CC(C(C)(O)C(F)(F)F)CC(C(C)(O)C(F)(F)F)C1. The van der Waals surface area contributed by atoms with Crippen molar-refractivity contribution >= 4 is 5.97 Å². The van der Waals surface area contributed by atoms with Crippen molar-refractivity contribution in [3.8, 4) is 0 Å². The third kappa shape index (κ3) is 8.34. The summed E-state index contributed by atoms with van der Waals surface area (Å²) in [6.45, 7) is 9.62. The Morgan fingerprint density at radius 2 is 1.06 bits per heavy atom. The van der Waals surface area contributed by atoms with Crippen molar-refractivity contribution in [3.63, 3.8) is 0 Å². The fourth-order valence-electron chi connectivity index (χ4n) is 7.30. The fourth-order valence-corrected chi connectivity index (χ4v) is 7.30. The number of alkyl halides is 12. The molecule has 3 rings (SSSR count). The maximum absolute atomic E-state index is 13.3. The van der Waals surface area contributed by atoms with Gasteiger partial charge in [0.15, 0.2) is 11.2 Å². The minimum atomic E-state index is -5.69. The summed E-state index contributed by atoms with van der Waals surface area (Å²) in [7, 11) is 0. The van der Waals surface area contributed by atoms with Crippen molar-refractivity contribution in [3.05, 3.63) is 0 Å². The molecule has 0 aromatic heterocycles. The van der Waals surface area contributed by atoms with Gasteiger partial charge in [-0.3, -0.25) is 4.79 Å². The first-order chi connectivity index (χ1) is 21.2. The summed E-state index contributed by atoms with van der Waals surface area (Å²) in [5.74, 6) is -4.33. The van der Waals surface area contributed by atoms with Crippen LogP contribution in [-0.2, 0) is 9.53 Å². The first-order valence-electron chi connectivity index (χ1n) is 15.8. The molecule has 0 spiro atoms. The zero-order chi connectivity index (χ0) is 37.9. The summed E-state index contributed by atoms with van der Waals surface area (Å²) in [5, 5.41) is 29.3. The number of halogens is 12. The zero-order valence-electron chi connectivity index (χ0n) is 27.8. The largest absolute Gasteiger partial charge is 0.462 e. The number of hydrogen-bond acceptors (Lipinski definition) is 5. The molecule has 0 heterocycles. The fraction of sp³-hybridized carbons (Fsp3) is 0.968. The van der Waals surface area contributed by atoms with Crippen LogP contribution in [0.15, 0.2) is 0 Å². The molecule has 0 saturated heterocycles. The minimum absolute atomic E-state index is 0.115. The van der Waals surface area contributed by atoms with Crippen LogP contribution in [0.2, 0.25) is 0 Å². The van der Waals surface area contributed by atoms with Crippen LogP contribution >= 0.6 is 0 Å². The number of aliphatic hydroxyl groups is 3. The molecule has 0 amide bonds. The minimum Gasteiger partial charge on any atom is -0.462 e. The topological polar surface area (TPSA) is 87.0 Å². The molecule has 3 aliphatic carbocycles. The molecule has 9 unspecified atom stereocenters. The van der Waals surface area contributed by atoms with Crippen LogP contribution in [-0.4, -0.2) is 68.9 Å². The van der Waals surface area contributed by atoms with E-state index < -0.39 is 102 Å². The number of esters is 1. The quantitative estimate of drug-likeness (QED) is 0.181. The number of rotatable bonds is 7. The van der Waals surface area contributed by atoms with E-state index in [9.17, 15) is 72.8 Å². The molecule has 0 aromatic rings. The van der Waals surface area contributed by atoms with Gasteiger partial charge in [-0.2, -0.15) is 52.7 Å². The normalized spacial score (nSPS) is 33.0. The molecule has 5 nitrogen and oxygen atoms in total. The standard InChI is InChI=1S/C18H28F6O4.C13H18F6O/c1-6-14(2,3)13(25)28-12-8-10(15(4,26)17(19,20)21)7-11(9-12)16(5,27)18(22,23)24;1-6-7(2)10-4-8(6)3-9(10)5-11(20,12(14,15)16)13(17,18)19/h10-12,26-27H,6-9H2,1-5H3;6-10,20H,3-5H2,1-2H3. The summed E-state index contributed by atoms with van der Waals surface area (Å²) in [6, 6.07) is 0. The van der Waals surface area contributed by atoms with Gasteiger partial charge >= 0.3 is 30.7 Å². The molecule has 3 aliphatic rings. The molecule has 3 N–H and O–H groups in total. The van der Waals surface area contributed by atoms with Crippen molar-refractivity contribution in [2.45, 2.75) is 141 Å². The summed E-state index contributed by atoms with van der Waals surface area (Å²) >= 11 is 0. The molecular weight excluding hydrogens is 680 g/mol. The number of ether oxygens (including phenoxy) is 1. The summed E-state index contributed by atoms with van der Waals surface area (Å²) in [4.78, 5) is 12.3. The Hall–Kier alpha value is -1.49. The van der Waals surface area contributed by atoms with E-state index in [-0.39, 0.29) is 17.8 Å². The van der Waals surface area contributed by atoms with Crippen molar-refractivity contribution in [1.29, 1.82) is 0 Å². The molecule has 0 aliphatic heterocycles. The molecule has 17 heteroatoms. The second kappa shape index (κ2) is 13.6. The van der Waals surface area contributed by atoms with Gasteiger partial charge in [-0.15, -0.1) is 0 Å². The monoisotopic (exact) mass is 726 g/mol. The molecule has 3 fully saturated rings. The Morgan fingerprint density at radius 1 is 0.646 bits per heavy atom. The van der Waals surface area contributed by atoms with Crippen molar-refractivity contribution in [1.82, 2.24) is 0 Å². The van der Waals surface area contributed by atoms with E-state index in [2.05, 4.69) is 0 Å². The lowest BCUT2D eigenvalue weighted by molar-refractivity contribution is -0.373. The van der Waals surface area contributed by atoms with Gasteiger partial charge in [-0.05, 0) is 102 Å². The van der Waals surface area contributed by atoms with E-state index in [1.807, 2.05) is 13.8 Å². The first-order valence-corrected chi connectivity index (χ1v) is 15.8. The Morgan fingerprint density at radius 3 is 1.38 bits per heavy atom. The lowest BCUT2D eigenvalue weighted by atomic mass is 9.67. The predicted octanol–water partition coefficient (Wildman–Crippen LogP) is 8.54. The summed E-state index contributed by atoms with van der Waals surface area (Å²) in [6.07, 6.45) is -24.4.